The van der Waals surface area contributed by atoms with Crippen molar-refractivity contribution >= 4 is 23.2 Å². The van der Waals surface area contributed by atoms with Gasteiger partial charge in [0, 0.05) is 17.9 Å². The van der Waals surface area contributed by atoms with Crippen LogP contribution in [0.1, 0.15) is 42.9 Å². The average Bonchev–Trinajstić information content (AvgIpc) is 2.66. The third-order valence-electron chi connectivity index (χ3n) is 5.17. The van der Waals surface area contributed by atoms with Gasteiger partial charge in [-0.2, -0.15) is 13.2 Å². The number of aryl methyl sites for hydroxylation is 2. The molecule has 1 aliphatic carbocycles. The van der Waals surface area contributed by atoms with Crippen LogP contribution in [0.3, 0.4) is 0 Å². The number of hydrogen-bond acceptors (Lipinski definition) is 4. The van der Waals surface area contributed by atoms with Crippen LogP contribution in [0.4, 0.5) is 18.9 Å². The van der Waals surface area contributed by atoms with Crippen molar-refractivity contribution in [1.29, 1.82) is 0 Å². The number of carbonyl (C=O) groups is 1. The van der Waals surface area contributed by atoms with E-state index in [1.165, 1.54) is 6.07 Å². The van der Waals surface area contributed by atoms with E-state index in [1.54, 1.807) is 6.20 Å². The Morgan fingerprint density at radius 3 is 2.67 bits per heavy atom. The molecule has 1 aromatic heterocycles. The summed E-state index contributed by atoms with van der Waals surface area (Å²) < 4.78 is 38.6. The Bertz CT molecular complexity index is 933. The number of amides is 1. The number of carbonyl (C=O) groups excluding carboxylic acids is 1. The van der Waals surface area contributed by atoms with Crippen LogP contribution in [0.5, 0.6) is 0 Å². The van der Waals surface area contributed by atoms with Gasteiger partial charge in [0.15, 0.2) is 0 Å². The molecule has 0 saturated heterocycles. The Labute approximate surface area is 178 Å². The predicted octanol–water partition coefficient (Wildman–Crippen LogP) is 4.57. The van der Waals surface area contributed by atoms with Gasteiger partial charge in [0.2, 0.25) is 5.91 Å². The van der Waals surface area contributed by atoms with Gasteiger partial charge in [0.25, 0.3) is 0 Å². The van der Waals surface area contributed by atoms with Gasteiger partial charge in [-0.1, -0.05) is 25.4 Å². The summed E-state index contributed by atoms with van der Waals surface area (Å²) in [7, 11) is 0. The zero-order chi connectivity index (χ0) is 22.1. The van der Waals surface area contributed by atoms with Crippen LogP contribution in [0.2, 0.25) is 5.02 Å². The third kappa shape index (κ3) is 5.22. The first-order valence-electron chi connectivity index (χ1n) is 9.79. The monoisotopic (exact) mass is 440 g/mol. The summed E-state index contributed by atoms with van der Waals surface area (Å²) in [5.74, 6) is 0.404. The molecular formula is C21H24ClF3N4O. The molecule has 1 aromatic carbocycles. The van der Waals surface area contributed by atoms with E-state index in [0.29, 0.717) is 6.42 Å². The summed E-state index contributed by atoms with van der Waals surface area (Å²) in [6.45, 7) is 5.57. The summed E-state index contributed by atoms with van der Waals surface area (Å²) >= 11 is 6.04. The normalized spacial score (nSPS) is 17.4. The van der Waals surface area contributed by atoms with Gasteiger partial charge in [-0.3, -0.25) is 4.79 Å². The molecule has 2 aromatic rings. The Hall–Kier alpha value is -2.35. The Morgan fingerprint density at radius 2 is 2.03 bits per heavy atom. The molecule has 3 rings (SSSR count). The predicted molar refractivity (Wildman–Crippen MR) is 109 cm³/mol. The van der Waals surface area contributed by atoms with E-state index in [0.717, 1.165) is 42.1 Å². The van der Waals surface area contributed by atoms with E-state index < -0.39 is 17.8 Å². The van der Waals surface area contributed by atoms with Gasteiger partial charge < -0.3 is 10.6 Å². The standard InChI is InChI=1S/C21H24ClF3N4O/c1-11(2)19(29-18-6-4-14(9-16(18)22)21(23,24)25)20(30)28-15-5-7-17-13(8-15)10-26-12(3)27-17/h4,6,9-11,15,19,29H,5,7-8H2,1-3H3,(H,28,30)/t15-,19+/m1/s1. The minimum atomic E-state index is -4.48. The summed E-state index contributed by atoms with van der Waals surface area (Å²) in [6, 6.07) is 2.37. The quantitative estimate of drug-likeness (QED) is 0.714. The number of rotatable bonds is 5. The van der Waals surface area contributed by atoms with Crippen molar-refractivity contribution in [3.8, 4) is 0 Å². The second kappa shape index (κ2) is 8.79. The highest BCUT2D eigenvalue weighted by atomic mass is 35.5. The average molecular weight is 441 g/mol. The summed E-state index contributed by atoms with van der Waals surface area (Å²) in [5.41, 5.74) is 1.50. The number of hydrogen-bond donors (Lipinski definition) is 2. The SMILES string of the molecule is Cc1ncc2c(n1)CC[C@@H](NC(=O)[C@@H](Nc1ccc(C(F)(F)F)cc1Cl)C(C)C)C2. The van der Waals surface area contributed by atoms with Gasteiger partial charge in [-0.05, 0) is 55.9 Å². The Balaban J connectivity index is 1.69. The minimum Gasteiger partial charge on any atom is -0.372 e. The van der Waals surface area contributed by atoms with Crippen LogP contribution in [-0.2, 0) is 23.8 Å². The number of anilines is 1. The Morgan fingerprint density at radius 1 is 1.30 bits per heavy atom. The molecule has 2 N–H and O–H groups in total. The molecule has 1 amide bonds. The maximum absolute atomic E-state index is 12.9. The zero-order valence-electron chi connectivity index (χ0n) is 17.0. The second-order valence-electron chi connectivity index (χ2n) is 7.90. The topological polar surface area (TPSA) is 66.9 Å². The number of benzene rings is 1. The first-order chi connectivity index (χ1) is 14.0. The number of nitrogens with one attached hydrogen (secondary N) is 2. The van der Waals surface area contributed by atoms with E-state index in [4.69, 9.17) is 11.6 Å². The van der Waals surface area contributed by atoms with Gasteiger partial charge in [-0.25, -0.2) is 9.97 Å². The van der Waals surface area contributed by atoms with Crippen LogP contribution in [-0.4, -0.2) is 28.0 Å². The van der Waals surface area contributed by atoms with E-state index in [1.807, 2.05) is 20.8 Å². The fraction of sp³-hybridized carbons (Fsp3) is 0.476. The van der Waals surface area contributed by atoms with Crippen molar-refractivity contribution < 1.29 is 18.0 Å². The summed E-state index contributed by atoms with van der Waals surface area (Å²) in [4.78, 5) is 21.6. The highest BCUT2D eigenvalue weighted by Gasteiger charge is 2.32. The maximum atomic E-state index is 12.9. The molecular weight excluding hydrogens is 417 g/mol. The largest absolute Gasteiger partial charge is 0.416 e. The van der Waals surface area contributed by atoms with Crippen LogP contribution in [0.15, 0.2) is 24.4 Å². The van der Waals surface area contributed by atoms with Gasteiger partial charge in [0.1, 0.15) is 11.9 Å². The molecule has 0 spiro atoms. The first-order valence-corrected chi connectivity index (χ1v) is 10.2. The van der Waals surface area contributed by atoms with E-state index in [-0.39, 0.29) is 28.6 Å². The molecule has 5 nitrogen and oxygen atoms in total. The van der Waals surface area contributed by atoms with Crippen LogP contribution >= 0.6 is 11.6 Å². The van der Waals surface area contributed by atoms with Crippen molar-refractivity contribution in [2.75, 3.05) is 5.32 Å². The minimum absolute atomic E-state index is 0.0533. The number of alkyl halides is 3. The van der Waals surface area contributed by atoms with Crippen molar-refractivity contribution in [3.05, 3.63) is 52.1 Å². The van der Waals surface area contributed by atoms with Gasteiger partial charge in [-0.15, -0.1) is 0 Å². The highest BCUT2D eigenvalue weighted by molar-refractivity contribution is 6.33. The Kier molecular flexibility index (Phi) is 6.55. The molecule has 0 unspecified atom stereocenters. The smallest absolute Gasteiger partial charge is 0.372 e. The van der Waals surface area contributed by atoms with Crippen molar-refractivity contribution in [2.24, 2.45) is 5.92 Å². The van der Waals surface area contributed by atoms with E-state index >= 15 is 0 Å². The molecule has 9 heteroatoms. The molecule has 0 fully saturated rings. The molecule has 1 aliphatic rings. The number of nitrogens with zero attached hydrogens (tertiary/aromatic N) is 2. The van der Waals surface area contributed by atoms with E-state index in [9.17, 15) is 18.0 Å². The first kappa shape index (κ1) is 22.3. The second-order valence-corrected chi connectivity index (χ2v) is 8.30. The lowest BCUT2D eigenvalue weighted by Crippen LogP contribution is -2.48. The molecule has 0 radical (unpaired) electrons. The van der Waals surface area contributed by atoms with Crippen LogP contribution < -0.4 is 10.6 Å². The molecule has 0 bridgehead atoms. The number of halogens is 4. The van der Waals surface area contributed by atoms with Gasteiger partial charge in [0.05, 0.1) is 16.3 Å². The van der Waals surface area contributed by atoms with Crippen LogP contribution in [0, 0.1) is 12.8 Å². The zero-order valence-corrected chi connectivity index (χ0v) is 17.7. The fourth-order valence-electron chi connectivity index (χ4n) is 3.53. The fourth-order valence-corrected chi connectivity index (χ4v) is 3.77. The van der Waals surface area contributed by atoms with E-state index in [2.05, 4.69) is 20.6 Å². The van der Waals surface area contributed by atoms with Gasteiger partial charge >= 0.3 is 6.18 Å². The lowest BCUT2D eigenvalue weighted by molar-refractivity contribution is -0.137. The molecule has 162 valence electrons. The highest BCUT2D eigenvalue weighted by Crippen LogP contribution is 2.34. The lowest BCUT2D eigenvalue weighted by Gasteiger charge is -2.29. The summed E-state index contributed by atoms with van der Waals surface area (Å²) in [5, 5.41) is 5.98. The molecule has 1 heterocycles. The maximum Gasteiger partial charge on any atom is 0.416 e. The van der Waals surface area contributed by atoms with Crippen molar-refractivity contribution in [3.63, 3.8) is 0 Å². The molecule has 0 aliphatic heterocycles. The molecule has 0 saturated carbocycles. The van der Waals surface area contributed by atoms with Crippen molar-refractivity contribution in [2.45, 2.75) is 58.3 Å². The lowest BCUT2D eigenvalue weighted by atomic mass is 9.92. The molecule has 2 atom stereocenters. The van der Waals surface area contributed by atoms with Crippen LogP contribution in [0.25, 0.3) is 0 Å². The third-order valence-corrected chi connectivity index (χ3v) is 5.49. The van der Waals surface area contributed by atoms with Crippen molar-refractivity contribution in [1.82, 2.24) is 15.3 Å². The number of aromatic nitrogens is 2. The summed E-state index contributed by atoms with van der Waals surface area (Å²) in [6.07, 6.45) is -0.505. The molecule has 30 heavy (non-hydrogen) atoms. The number of fused-ring (bicyclic) bond motifs is 1.